The van der Waals surface area contributed by atoms with Gasteiger partial charge in [-0.3, -0.25) is 4.79 Å². The molecule has 3 nitrogen and oxygen atoms in total. The first-order chi connectivity index (χ1) is 9.24. The first kappa shape index (κ1) is 11.5. The van der Waals surface area contributed by atoms with E-state index in [1.807, 2.05) is 48.5 Å². The van der Waals surface area contributed by atoms with Crippen LogP contribution in [0.2, 0.25) is 0 Å². The van der Waals surface area contributed by atoms with E-state index in [0.717, 1.165) is 16.5 Å². The molecule has 0 aliphatic carbocycles. The Kier molecular flexibility index (Phi) is 2.80. The van der Waals surface area contributed by atoms with Crippen molar-refractivity contribution in [3.63, 3.8) is 0 Å². The summed E-state index contributed by atoms with van der Waals surface area (Å²) < 4.78 is 11.0. The Bertz CT molecular complexity index is 707. The molecule has 0 N–H and O–H groups in total. The van der Waals surface area contributed by atoms with Crippen molar-refractivity contribution in [1.29, 1.82) is 0 Å². The third-order valence-corrected chi connectivity index (χ3v) is 2.83. The highest BCUT2D eigenvalue weighted by Crippen LogP contribution is 2.33. The molecule has 0 unspecified atom stereocenters. The van der Waals surface area contributed by atoms with Gasteiger partial charge < -0.3 is 9.15 Å². The Balaban J connectivity index is 2.13. The van der Waals surface area contributed by atoms with Crippen LogP contribution in [0.5, 0.6) is 5.75 Å². The van der Waals surface area contributed by atoms with Gasteiger partial charge in [0.2, 0.25) is 0 Å². The summed E-state index contributed by atoms with van der Waals surface area (Å²) in [4.78, 5) is 11.1. The van der Waals surface area contributed by atoms with Crippen molar-refractivity contribution in [3.05, 3.63) is 54.6 Å². The van der Waals surface area contributed by atoms with Gasteiger partial charge in [0.1, 0.15) is 17.1 Å². The molecule has 0 spiro atoms. The Morgan fingerprint density at radius 3 is 2.58 bits per heavy atom. The topological polar surface area (TPSA) is 39.4 Å². The zero-order chi connectivity index (χ0) is 13.2. The smallest absolute Gasteiger partial charge is 0.308 e. The van der Waals surface area contributed by atoms with Gasteiger partial charge in [0.25, 0.3) is 0 Å². The number of carbonyl (C=O) groups excluding carboxylic acids is 1. The minimum atomic E-state index is -0.344. The fraction of sp³-hybridized carbons (Fsp3) is 0.0625. The van der Waals surface area contributed by atoms with E-state index in [2.05, 4.69) is 0 Å². The standard InChI is InChI=1S/C16H12O3/c1-11(17)18-15-9-5-3-7-13(15)16-10-12-6-2-4-8-14(12)19-16/h2-10H,1H3. The number of rotatable bonds is 2. The number of hydrogen-bond donors (Lipinski definition) is 0. The van der Waals surface area contributed by atoms with E-state index >= 15 is 0 Å². The van der Waals surface area contributed by atoms with Crippen LogP contribution in [0.15, 0.2) is 59.0 Å². The van der Waals surface area contributed by atoms with Crippen LogP contribution in [0.25, 0.3) is 22.3 Å². The van der Waals surface area contributed by atoms with Gasteiger partial charge in [-0.1, -0.05) is 30.3 Å². The molecule has 0 amide bonds. The second kappa shape index (κ2) is 4.61. The molecule has 0 aliphatic rings. The lowest BCUT2D eigenvalue weighted by Crippen LogP contribution is -2.02. The maximum absolute atomic E-state index is 11.1. The Morgan fingerprint density at radius 2 is 1.79 bits per heavy atom. The summed E-state index contributed by atoms with van der Waals surface area (Å²) in [7, 11) is 0. The van der Waals surface area contributed by atoms with Crippen LogP contribution in [0.4, 0.5) is 0 Å². The van der Waals surface area contributed by atoms with Crippen molar-refractivity contribution in [2.24, 2.45) is 0 Å². The Labute approximate surface area is 110 Å². The van der Waals surface area contributed by atoms with E-state index in [1.165, 1.54) is 6.92 Å². The molecule has 0 bridgehead atoms. The molecule has 3 aromatic rings. The lowest BCUT2D eigenvalue weighted by Gasteiger charge is -2.05. The van der Waals surface area contributed by atoms with E-state index in [0.29, 0.717) is 11.5 Å². The zero-order valence-electron chi connectivity index (χ0n) is 10.4. The normalized spacial score (nSPS) is 10.6. The number of fused-ring (bicyclic) bond motifs is 1. The lowest BCUT2D eigenvalue weighted by molar-refractivity contribution is -0.131. The third-order valence-electron chi connectivity index (χ3n) is 2.83. The number of esters is 1. The summed E-state index contributed by atoms with van der Waals surface area (Å²) in [6.07, 6.45) is 0. The minimum absolute atomic E-state index is 0.344. The summed E-state index contributed by atoms with van der Waals surface area (Å²) in [6, 6.07) is 17.1. The monoisotopic (exact) mass is 252 g/mol. The van der Waals surface area contributed by atoms with Gasteiger partial charge >= 0.3 is 5.97 Å². The minimum Gasteiger partial charge on any atom is -0.456 e. The summed E-state index contributed by atoms with van der Waals surface area (Å²) in [5.41, 5.74) is 1.59. The molecule has 0 radical (unpaired) electrons. The summed E-state index contributed by atoms with van der Waals surface area (Å²) >= 11 is 0. The highest BCUT2D eigenvalue weighted by Gasteiger charge is 2.12. The predicted molar refractivity (Wildman–Crippen MR) is 73.0 cm³/mol. The fourth-order valence-corrected chi connectivity index (χ4v) is 2.03. The van der Waals surface area contributed by atoms with E-state index in [4.69, 9.17) is 9.15 Å². The van der Waals surface area contributed by atoms with Gasteiger partial charge in [-0.15, -0.1) is 0 Å². The van der Waals surface area contributed by atoms with Gasteiger partial charge in [0.05, 0.1) is 5.56 Å². The number of benzene rings is 2. The quantitative estimate of drug-likeness (QED) is 0.510. The number of para-hydroxylation sites is 2. The summed E-state index contributed by atoms with van der Waals surface area (Å²) in [5.74, 6) is 0.857. The molecule has 1 aromatic heterocycles. The molecule has 0 fully saturated rings. The largest absolute Gasteiger partial charge is 0.456 e. The first-order valence-corrected chi connectivity index (χ1v) is 6.00. The van der Waals surface area contributed by atoms with Crippen molar-refractivity contribution < 1.29 is 13.9 Å². The number of furan rings is 1. The highest BCUT2D eigenvalue weighted by atomic mass is 16.5. The Morgan fingerprint density at radius 1 is 1.05 bits per heavy atom. The molecule has 0 saturated heterocycles. The molecular formula is C16H12O3. The van der Waals surface area contributed by atoms with Crippen molar-refractivity contribution in [1.82, 2.24) is 0 Å². The van der Waals surface area contributed by atoms with E-state index in [-0.39, 0.29) is 5.97 Å². The molecule has 2 aromatic carbocycles. The summed E-state index contributed by atoms with van der Waals surface area (Å²) in [5, 5.41) is 1.02. The van der Waals surface area contributed by atoms with E-state index < -0.39 is 0 Å². The molecule has 3 heteroatoms. The van der Waals surface area contributed by atoms with Crippen molar-refractivity contribution >= 4 is 16.9 Å². The van der Waals surface area contributed by atoms with Crippen LogP contribution in [0.1, 0.15) is 6.92 Å². The van der Waals surface area contributed by atoms with Crippen LogP contribution in [-0.2, 0) is 4.79 Å². The maximum Gasteiger partial charge on any atom is 0.308 e. The molecule has 1 heterocycles. The van der Waals surface area contributed by atoms with Crippen molar-refractivity contribution in [2.75, 3.05) is 0 Å². The number of carbonyl (C=O) groups is 1. The average Bonchev–Trinajstić information content (AvgIpc) is 2.82. The van der Waals surface area contributed by atoms with Gasteiger partial charge in [-0.2, -0.15) is 0 Å². The van der Waals surface area contributed by atoms with E-state index in [9.17, 15) is 4.79 Å². The van der Waals surface area contributed by atoms with Crippen LogP contribution < -0.4 is 4.74 Å². The maximum atomic E-state index is 11.1. The van der Waals surface area contributed by atoms with Crippen LogP contribution >= 0.6 is 0 Å². The van der Waals surface area contributed by atoms with Crippen LogP contribution in [-0.4, -0.2) is 5.97 Å². The first-order valence-electron chi connectivity index (χ1n) is 6.00. The van der Waals surface area contributed by atoms with Crippen LogP contribution in [0.3, 0.4) is 0 Å². The predicted octanol–water partition coefficient (Wildman–Crippen LogP) is 4.03. The third kappa shape index (κ3) is 2.22. The molecule has 94 valence electrons. The molecule has 3 rings (SSSR count). The van der Waals surface area contributed by atoms with Crippen LogP contribution in [0, 0.1) is 0 Å². The molecule has 0 atom stereocenters. The average molecular weight is 252 g/mol. The molecular weight excluding hydrogens is 240 g/mol. The SMILES string of the molecule is CC(=O)Oc1ccccc1-c1cc2ccccc2o1. The van der Waals surface area contributed by atoms with Gasteiger partial charge in [0, 0.05) is 12.3 Å². The van der Waals surface area contributed by atoms with Crippen molar-refractivity contribution in [2.45, 2.75) is 6.92 Å². The molecule has 0 aliphatic heterocycles. The molecule has 19 heavy (non-hydrogen) atoms. The fourth-order valence-electron chi connectivity index (χ4n) is 2.03. The van der Waals surface area contributed by atoms with E-state index in [1.54, 1.807) is 6.07 Å². The lowest BCUT2D eigenvalue weighted by atomic mass is 10.1. The zero-order valence-corrected chi connectivity index (χ0v) is 10.4. The number of hydrogen-bond acceptors (Lipinski definition) is 3. The Hall–Kier alpha value is -2.55. The molecule has 0 saturated carbocycles. The summed E-state index contributed by atoms with van der Waals surface area (Å²) in [6.45, 7) is 1.38. The van der Waals surface area contributed by atoms with Crippen molar-refractivity contribution in [3.8, 4) is 17.1 Å². The van der Waals surface area contributed by atoms with Gasteiger partial charge in [0.15, 0.2) is 0 Å². The highest BCUT2D eigenvalue weighted by molar-refractivity contribution is 5.84. The van der Waals surface area contributed by atoms with Gasteiger partial charge in [-0.05, 0) is 24.3 Å². The second-order valence-corrected chi connectivity index (χ2v) is 4.24. The van der Waals surface area contributed by atoms with Gasteiger partial charge in [-0.25, -0.2) is 0 Å². The second-order valence-electron chi connectivity index (χ2n) is 4.24. The number of ether oxygens (including phenoxy) is 1.